The number of amides is 1. The Kier molecular flexibility index (Phi) is 5.49. The molecule has 1 aromatic carbocycles. The molecule has 1 N–H and O–H groups in total. The van der Waals surface area contributed by atoms with Gasteiger partial charge in [0.05, 0.1) is 11.3 Å². The monoisotopic (exact) mass is 432 g/mol. The first-order chi connectivity index (χ1) is 14.6. The van der Waals surface area contributed by atoms with Crippen molar-refractivity contribution in [3.05, 3.63) is 46.9 Å². The number of carbonyl (C=O) groups excluding carboxylic acids is 2. The van der Waals surface area contributed by atoms with Gasteiger partial charge >= 0.3 is 6.61 Å². The van der Waals surface area contributed by atoms with Crippen LogP contribution in [0.5, 0.6) is 5.75 Å². The van der Waals surface area contributed by atoms with Gasteiger partial charge in [0.1, 0.15) is 11.5 Å². The molecule has 6 nitrogen and oxygen atoms in total. The molecule has 1 aliphatic carbocycles. The van der Waals surface area contributed by atoms with Gasteiger partial charge < -0.3 is 19.4 Å². The molecule has 2 aliphatic rings. The molecule has 1 aliphatic heterocycles. The quantitative estimate of drug-likeness (QED) is 0.761. The number of furan rings is 1. The molecule has 1 atom stereocenters. The van der Waals surface area contributed by atoms with E-state index in [1.54, 1.807) is 25.1 Å². The Morgan fingerprint density at radius 1 is 1.29 bits per heavy atom. The maximum atomic E-state index is 12.9. The third-order valence-corrected chi connectivity index (χ3v) is 5.93. The van der Waals surface area contributed by atoms with E-state index in [1.165, 1.54) is 6.07 Å². The van der Waals surface area contributed by atoms with Gasteiger partial charge in [-0.05, 0) is 30.9 Å². The first-order valence-electron chi connectivity index (χ1n) is 10.4. The molecule has 4 rings (SSSR count). The van der Waals surface area contributed by atoms with Crippen molar-refractivity contribution in [2.75, 3.05) is 18.0 Å². The number of hydrogen-bond donors (Lipinski definition) is 1. The zero-order chi connectivity index (χ0) is 22.3. The molecule has 1 saturated heterocycles. The summed E-state index contributed by atoms with van der Waals surface area (Å²) in [7, 11) is 0. The maximum Gasteiger partial charge on any atom is 0.387 e. The highest BCUT2D eigenvalue weighted by molar-refractivity contribution is 6.03. The van der Waals surface area contributed by atoms with Crippen LogP contribution in [0.25, 0.3) is 0 Å². The van der Waals surface area contributed by atoms with Crippen LogP contribution in [0.15, 0.2) is 28.7 Å². The smallest absolute Gasteiger partial charge is 0.387 e. The number of ketones is 1. The van der Waals surface area contributed by atoms with Crippen molar-refractivity contribution in [2.24, 2.45) is 5.41 Å². The van der Waals surface area contributed by atoms with Gasteiger partial charge in [-0.2, -0.15) is 8.78 Å². The number of ether oxygens (including phenoxy) is 1. The summed E-state index contributed by atoms with van der Waals surface area (Å²) in [5.74, 6) is 0.516. The van der Waals surface area contributed by atoms with Crippen LogP contribution in [-0.2, 0) is 6.42 Å². The second kappa shape index (κ2) is 7.98. The third kappa shape index (κ3) is 4.29. The number of Topliss-reactive ketones (excluding diaryl/α,β-unsaturated/α-hetero) is 1. The molecule has 1 fully saturated rings. The van der Waals surface area contributed by atoms with Gasteiger partial charge in [0, 0.05) is 37.5 Å². The summed E-state index contributed by atoms with van der Waals surface area (Å²) in [4.78, 5) is 27.4. The number of halogens is 2. The molecule has 0 spiro atoms. The molecule has 0 bridgehead atoms. The molecule has 0 radical (unpaired) electrons. The fraction of sp³-hybridized carbons (Fsp3) is 0.478. The number of anilines is 1. The van der Waals surface area contributed by atoms with Crippen LogP contribution in [0, 0.1) is 12.3 Å². The van der Waals surface area contributed by atoms with Crippen molar-refractivity contribution in [1.82, 2.24) is 5.32 Å². The summed E-state index contributed by atoms with van der Waals surface area (Å²) in [5, 5.41) is 2.97. The van der Waals surface area contributed by atoms with Gasteiger partial charge in [0.15, 0.2) is 11.5 Å². The Balaban J connectivity index is 1.46. The lowest BCUT2D eigenvalue weighted by Gasteiger charge is -2.27. The second-order valence-corrected chi connectivity index (χ2v) is 9.05. The van der Waals surface area contributed by atoms with Crippen LogP contribution >= 0.6 is 0 Å². The van der Waals surface area contributed by atoms with Gasteiger partial charge in [-0.1, -0.05) is 26.0 Å². The predicted molar refractivity (Wildman–Crippen MR) is 111 cm³/mol. The lowest BCUT2D eigenvalue weighted by molar-refractivity contribution is -0.0495. The molecule has 1 unspecified atom stereocenters. The number of nitrogens with one attached hydrogen (secondary N) is 1. The Morgan fingerprint density at radius 2 is 2.03 bits per heavy atom. The first kappa shape index (κ1) is 21.3. The Morgan fingerprint density at radius 3 is 2.77 bits per heavy atom. The number of carbonyl (C=O) groups is 2. The molecule has 1 amide bonds. The number of hydrogen-bond acceptors (Lipinski definition) is 5. The van der Waals surface area contributed by atoms with E-state index in [0.29, 0.717) is 54.9 Å². The highest BCUT2D eigenvalue weighted by Crippen LogP contribution is 2.38. The van der Waals surface area contributed by atoms with Crippen LogP contribution in [-0.4, -0.2) is 37.4 Å². The summed E-state index contributed by atoms with van der Waals surface area (Å²) in [6, 6.07) is 6.44. The fourth-order valence-corrected chi connectivity index (χ4v) is 4.56. The number of benzene rings is 1. The van der Waals surface area contributed by atoms with Crippen LogP contribution < -0.4 is 15.0 Å². The maximum absolute atomic E-state index is 12.9. The number of nitrogens with zero attached hydrogens (tertiary/aromatic N) is 1. The van der Waals surface area contributed by atoms with E-state index < -0.39 is 6.61 Å². The topological polar surface area (TPSA) is 71.8 Å². The summed E-state index contributed by atoms with van der Waals surface area (Å²) >= 11 is 0. The van der Waals surface area contributed by atoms with Crippen molar-refractivity contribution in [1.29, 1.82) is 0 Å². The van der Waals surface area contributed by atoms with Crippen molar-refractivity contribution >= 4 is 17.4 Å². The minimum atomic E-state index is -2.90. The lowest BCUT2D eigenvalue weighted by atomic mass is 9.76. The van der Waals surface area contributed by atoms with Gasteiger partial charge in [-0.15, -0.1) is 0 Å². The zero-order valence-electron chi connectivity index (χ0n) is 17.8. The van der Waals surface area contributed by atoms with Crippen LogP contribution in [0.1, 0.15) is 58.9 Å². The van der Waals surface area contributed by atoms with E-state index in [2.05, 4.69) is 10.1 Å². The molecule has 166 valence electrons. The van der Waals surface area contributed by atoms with E-state index in [0.717, 1.165) is 0 Å². The van der Waals surface area contributed by atoms with Crippen molar-refractivity contribution in [3.8, 4) is 5.75 Å². The highest BCUT2D eigenvalue weighted by Gasteiger charge is 2.37. The number of fused-ring (bicyclic) bond motifs is 1. The van der Waals surface area contributed by atoms with Crippen LogP contribution in [0.4, 0.5) is 14.5 Å². The van der Waals surface area contributed by atoms with E-state index in [1.807, 2.05) is 18.7 Å². The normalized spacial score (nSPS) is 20.1. The second-order valence-electron chi connectivity index (χ2n) is 9.05. The van der Waals surface area contributed by atoms with E-state index in [-0.39, 0.29) is 34.7 Å². The van der Waals surface area contributed by atoms with Gasteiger partial charge in [-0.25, -0.2) is 0 Å². The predicted octanol–water partition coefficient (Wildman–Crippen LogP) is 4.35. The Bertz CT molecular complexity index is 1020. The van der Waals surface area contributed by atoms with E-state index in [9.17, 15) is 18.4 Å². The minimum absolute atomic E-state index is 0.00854. The number of para-hydroxylation sites is 2. The standard InChI is InChI=1S/C23H26F2N2O4/c1-13-19-16(28)10-23(2,3)11-18(19)30-20(13)21(29)26-14-8-9-27(12-14)15-6-4-5-7-17(15)31-22(24)25/h4-7,14,22H,8-12H2,1-3H3,(H,26,29). The van der Waals surface area contributed by atoms with Gasteiger partial charge in [0.25, 0.3) is 5.91 Å². The van der Waals surface area contributed by atoms with Crippen LogP contribution in [0.3, 0.4) is 0 Å². The molecule has 1 aromatic heterocycles. The molecule has 31 heavy (non-hydrogen) atoms. The fourth-order valence-electron chi connectivity index (χ4n) is 4.56. The average Bonchev–Trinajstić information content (AvgIpc) is 3.25. The molecule has 2 aromatic rings. The summed E-state index contributed by atoms with van der Waals surface area (Å²) in [6.45, 7) is 3.91. The summed E-state index contributed by atoms with van der Waals surface area (Å²) in [6.07, 6.45) is 1.69. The third-order valence-electron chi connectivity index (χ3n) is 5.93. The van der Waals surface area contributed by atoms with E-state index in [4.69, 9.17) is 4.42 Å². The van der Waals surface area contributed by atoms with Crippen molar-refractivity contribution in [3.63, 3.8) is 0 Å². The molecular formula is C23H26F2N2O4. The zero-order valence-corrected chi connectivity index (χ0v) is 17.8. The molecule has 8 heteroatoms. The Hall–Kier alpha value is -2.90. The summed E-state index contributed by atoms with van der Waals surface area (Å²) < 4.78 is 35.9. The molecular weight excluding hydrogens is 406 g/mol. The minimum Gasteiger partial charge on any atom is -0.455 e. The molecule has 0 saturated carbocycles. The average molecular weight is 432 g/mol. The molecule has 2 heterocycles. The van der Waals surface area contributed by atoms with Gasteiger partial charge in [0.2, 0.25) is 0 Å². The van der Waals surface area contributed by atoms with Crippen molar-refractivity contribution < 1.29 is 27.5 Å². The summed E-state index contributed by atoms with van der Waals surface area (Å²) in [5.41, 5.74) is 1.49. The lowest BCUT2D eigenvalue weighted by Crippen LogP contribution is -2.37. The first-order valence-corrected chi connectivity index (χ1v) is 10.4. The van der Waals surface area contributed by atoms with Gasteiger partial charge in [-0.3, -0.25) is 9.59 Å². The highest BCUT2D eigenvalue weighted by atomic mass is 19.3. The Labute approximate surface area is 179 Å². The van der Waals surface area contributed by atoms with Crippen LogP contribution in [0.2, 0.25) is 0 Å². The number of alkyl halides is 2. The van der Waals surface area contributed by atoms with Crippen molar-refractivity contribution in [2.45, 2.75) is 52.7 Å². The SMILES string of the molecule is Cc1c(C(=O)NC2CCN(c3ccccc3OC(F)F)C2)oc2c1C(=O)CC(C)(C)C2. The number of rotatable bonds is 5. The van der Waals surface area contributed by atoms with E-state index >= 15 is 0 Å². The largest absolute Gasteiger partial charge is 0.455 e.